The summed E-state index contributed by atoms with van der Waals surface area (Å²) in [5.74, 6) is 0.490. The molecular weight excluding hydrogens is 314 g/mol. The molecule has 0 aliphatic rings. The molecule has 3 unspecified atom stereocenters. The van der Waals surface area contributed by atoms with E-state index in [2.05, 4.69) is 12.2 Å². The predicted octanol–water partition coefficient (Wildman–Crippen LogP) is 3.82. The second kappa shape index (κ2) is 9.23. The fourth-order valence-electron chi connectivity index (χ4n) is 2.92. The Morgan fingerprint density at radius 1 is 1.08 bits per heavy atom. The highest BCUT2D eigenvalue weighted by Gasteiger charge is 2.24. The second-order valence-electron chi connectivity index (χ2n) is 6.27. The van der Waals surface area contributed by atoms with E-state index in [4.69, 9.17) is 4.74 Å². The van der Waals surface area contributed by atoms with Gasteiger partial charge in [0.1, 0.15) is 5.75 Å². The molecule has 0 fully saturated rings. The number of methoxy groups -OCH3 is 1. The molecule has 4 nitrogen and oxygen atoms in total. The number of nitrogens with one attached hydrogen (secondary N) is 1. The van der Waals surface area contributed by atoms with Gasteiger partial charge in [-0.25, -0.2) is 0 Å². The van der Waals surface area contributed by atoms with E-state index in [0.717, 1.165) is 29.7 Å². The van der Waals surface area contributed by atoms with E-state index in [1.807, 2.05) is 49.4 Å². The number of carbonyl (C=O) groups excluding carboxylic acids is 1. The van der Waals surface area contributed by atoms with Crippen molar-refractivity contribution < 1.29 is 14.6 Å². The first-order valence-corrected chi connectivity index (χ1v) is 8.74. The van der Waals surface area contributed by atoms with Crippen molar-refractivity contribution in [3.05, 3.63) is 65.7 Å². The maximum atomic E-state index is 12.7. The molecule has 2 aromatic carbocycles. The van der Waals surface area contributed by atoms with Gasteiger partial charge < -0.3 is 15.2 Å². The fourth-order valence-corrected chi connectivity index (χ4v) is 2.92. The Balaban J connectivity index is 2.05. The smallest absolute Gasteiger partial charge is 0.227 e. The van der Waals surface area contributed by atoms with Crippen LogP contribution in [0.25, 0.3) is 0 Å². The molecule has 2 rings (SSSR count). The normalized spacial score (nSPS) is 14.4. The maximum Gasteiger partial charge on any atom is 0.227 e. The van der Waals surface area contributed by atoms with E-state index < -0.39 is 6.10 Å². The van der Waals surface area contributed by atoms with Crippen LogP contribution in [0.2, 0.25) is 0 Å². The molecule has 0 aliphatic heterocycles. The average molecular weight is 341 g/mol. The number of carbonyl (C=O) groups is 1. The van der Waals surface area contributed by atoms with Crippen molar-refractivity contribution in [1.82, 2.24) is 5.32 Å². The van der Waals surface area contributed by atoms with Gasteiger partial charge in [-0.3, -0.25) is 4.79 Å². The van der Waals surface area contributed by atoms with E-state index in [1.54, 1.807) is 19.2 Å². The molecule has 0 saturated heterocycles. The Morgan fingerprint density at radius 2 is 1.72 bits per heavy atom. The van der Waals surface area contributed by atoms with Crippen molar-refractivity contribution >= 4 is 5.91 Å². The Morgan fingerprint density at radius 3 is 2.28 bits per heavy atom. The topological polar surface area (TPSA) is 58.6 Å². The molecule has 0 heterocycles. The van der Waals surface area contributed by atoms with Crippen LogP contribution in [-0.4, -0.2) is 24.2 Å². The minimum atomic E-state index is -0.770. The van der Waals surface area contributed by atoms with Gasteiger partial charge in [-0.15, -0.1) is 0 Å². The summed E-state index contributed by atoms with van der Waals surface area (Å²) in [7, 11) is 1.60. The minimum absolute atomic E-state index is 0.0480. The molecule has 25 heavy (non-hydrogen) atoms. The standard InChI is InChI=1S/C21H27NO3/c1-4-8-19(16-9-6-5-7-10-16)21(24)22-15(2)20(23)17-11-13-18(25-3)14-12-17/h5-7,9-15,19-20,23H,4,8H2,1-3H3,(H,22,24). The van der Waals surface area contributed by atoms with Crippen LogP contribution in [0.3, 0.4) is 0 Å². The summed E-state index contributed by atoms with van der Waals surface area (Å²) in [6, 6.07) is 16.6. The molecule has 0 spiro atoms. The zero-order valence-corrected chi connectivity index (χ0v) is 15.1. The molecular formula is C21H27NO3. The van der Waals surface area contributed by atoms with Gasteiger partial charge in [0.25, 0.3) is 0 Å². The third-order valence-corrected chi connectivity index (χ3v) is 4.40. The van der Waals surface area contributed by atoms with E-state index in [9.17, 15) is 9.90 Å². The van der Waals surface area contributed by atoms with Crippen molar-refractivity contribution in [3.8, 4) is 5.75 Å². The maximum absolute atomic E-state index is 12.7. The first-order valence-electron chi connectivity index (χ1n) is 8.74. The van der Waals surface area contributed by atoms with Crippen LogP contribution in [-0.2, 0) is 4.79 Å². The summed E-state index contributed by atoms with van der Waals surface area (Å²) < 4.78 is 5.13. The Bertz CT molecular complexity index is 655. The summed E-state index contributed by atoms with van der Waals surface area (Å²) in [6.45, 7) is 3.89. The van der Waals surface area contributed by atoms with E-state index >= 15 is 0 Å². The van der Waals surface area contributed by atoms with Gasteiger partial charge in [-0.1, -0.05) is 55.8 Å². The van der Waals surface area contributed by atoms with Gasteiger partial charge in [-0.2, -0.15) is 0 Å². The summed E-state index contributed by atoms with van der Waals surface area (Å²) >= 11 is 0. The number of hydrogen-bond donors (Lipinski definition) is 2. The van der Waals surface area contributed by atoms with Crippen LogP contribution >= 0.6 is 0 Å². The van der Waals surface area contributed by atoms with Crippen LogP contribution < -0.4 is 10.1 Å². The SMILES string of the molecule is CCCC(C(=O)NC(C)C(O)c1ccc(OC)cc1)c1ccccc1. The highest BCUT2D eigenvalue weighted by molar-refractivity contribution is 5.83. The fraction of sp³-hybridized carbons (Fsp3) is 0.381. The number of benzene rings is 2. The molecule has 2 N–H and O–H groups in total. The van der Waals surface area contributed by atoms with Crippen molar-refractivity contribution in [1.29, 1.82) is 0 Å². The van der Waals surface area contributed by atoms with E-state index in [1.165, 1.54) is 0 Å². The summed E-state index contributed by atoms with van der Waals surface area (Å²) in [4.78, 5) is 12.7. The van der Waals surface area contributed by atoms with E-state index in [0.29, 0.717) is 0 Å². The van der Waals surface area contributed by atoms with Gasteiger partial charge in [-0.05, 0) is 36.6 Å². The van der Waals surface area contributed by atoms with Crippen LogP contribution in [0, 0.1) is 0 Å². The minimum Gasteiger partial charge on any atom is -0.497 e. The molecule has 2 aromatic rings. The van der Waals surface area contributed by atoms with Gasteiger partial charge in [0.05, 0.1) is 25.2 Å². The molecule has 0 aliphatic carbocycles. The third-order valence-electron chi connectivity index (χ3n) is 4.40. The molecule has 3 atom stereocenters. The average Bonchev–Trinajstić information content (AvgIpc) is 2.66. The zero-order valence-electron chi connectivity index (χ0n) is 15.1. The third kappa shape index (κ3) is 5.07. The van der Waals surface area contributed by atoms with Gasteiger partial charge >= 0.3 is 0 Å². The number of amides is 1. The number of ether oxygens (including phenoxy) is 1. The van der Waals surface area contributed by atoms with E-state index in [-0.39, 0.29) is 17.9 Å². The first kappa shape index (κ1) is 19.0. The molecule has 0 aromatic heterocycles. The number of aliphatic hydroxyl groups excluding tert-OH is 1. The van der Waals surface area contributed by atoms with Gasteiger partial charge in [0, 0.05) is 0 Å². The number of rotatable bonds is 8. The number of aliphatic hydroxyl groups is 1. The van der Waals surface area contributed by atoms with Crippen molar-refractivity contribution in [3.63, 3.8) is 0 Å². The lowest BCUT2D eigenvalue weighted by Crippen LogP contribution is -2.39. The van der Waals surface area contributed by atoms with Crippen LogP contribution in [0.15, 0.2) is 54.6 Å². The highest BCUT2D eigenvalue weighted by Crippen LogP contribution is 2.24. The largest absolute Gasteiger partial charge is 0.497 e. The quantitative estimate of drug-likeness (QED) is 0.767. The van der Waals surface area contributed by atoms with Crippen LogP contribution in [0.5, 0.6) is 5.75 Å². The summed E-state index contributed by atoms with van der Waals surface area (Å²) in [6.07, 6.45) is 0.928. The zero-order chi connectivity index (χ0) is 18.2. The monoisotopic (exact) mass is 341 g/mol. The number of hydrogen-bond acceptors (Lipinski definition) is 3. The molecule has 134 valence electrons. The molecule has 4 heteroatoms. The molecule has 0 radical (unpaired) electrons. The Labute approximate surface area is 149 Å². The van der Waals surface area contributed by atoms with Gasteiger partial charge in [0.15, 0.2) is 0 Å². The van der Waals surface area contributed by atoms with Crippen molar-refractivity contribution in [2.75, 3.05) is 7.11 Å². The first-order chi connectivity index (χ1) is 12.1. The highest BCUT2D eigenvalue weighted by atomic mass is 16.5. The summed E-state index contributed by atoms with van der Waals surface area (Å²) in [5.41, 5.74) is 1.76. The van der Waals surface area contributed by atoms with Crippen LogP contribution in [0.4, 0.5) is 0 Å². The van der Waals surface area contributed by atoms with Gasteiger partial charge in [0.2, 0.25) is 5.91 Å². The molecule has 0 bridgehead atoms. The Hall–Kier alpha value is -2.33. The summed E-state index contributed by atoms with van der Waals surface area (Å²) in [5, 5.41) is 13.5. The lowest BCUT2D eigenvalue weighted by atomic mass is 9.93. The predicted molar refractivity (Wildman–Crippen MR) is 99.6 cm³/mol. The molecule has 0 saturated carbocycles. The Kier molecular flexibility index (Phi) is 7.02. The van der Waals surface area contributed by atoms with Crippen molar-refractivity contribution in [2.24, 2.45) is 0 Å². The van der Waals surface area contributed by atoms with Crippen molar-refractivity contribution in [2.45, 2.75) is 44.8 Å². The lowest BCUT2D eigenvalue weighted by molar-refractivity contribution is -0.124. The molecule has 1 amide bonds. The lowest BCUT2D eigenvalue weighted by Gasteiger charge is -2.24. The second-order valence-corrected chi connectivity index (χ2v) is 6.27. The van der Waals surface area contributed by atoms with Crippen LogP contribution in [0.1, 0.15) is 49.8 Å².